The molecule has 0 fully saturated rings. The van der Waals surface area contributed by atoms with Gasteiger partial charge in [-0.05, 0) is 0 Å². The van der Waals surface area contributed by atoms with Crippen molar-refractivity contribution in [3.05, 3.63) is 0 Å². The summed E-state index contributed by atoms with van der Waals surface area (Å²) < 4.78 is 0. The van der Waals surface area contributed by atoms with Crippen LogP contribution in [0.15, 0.2) is 0 Å². The average molecular weight is 210 g/mol. The van der Waals surface area contributed by atoms with Crippen molar-refractivity contribution in [1.82, 2.24) is 0 Å². The van der Waals surface area contributed by atoms with Crippen molar-refractivity contribution in [1.29, 1.82) is 0 Å². The molecule has 0 saturated carbocycles. The molecule has 0 aromatic carbocycles. The van der Waals surface area contributed by atoms with E-state index in [1.165, 1.54) is 0 Å². The molecule has 0 heterocycles. The van der Waals surface area contributed by atoms with Crippen LogP contribution >= 0.6 is 32.2 Å². The van der Waals surface area contributed by atoms with E-state index in [0.717, 1.165) is 0 Å². The average Bonchev–Trinajstić information content (AvgIpc) is 1.38. The van der Waals surface area contributed by atoms with Gasteiger partial charge in [0.1, 0.15) is 0 Å². The van der Waals surface area contributed by atoms with E-state index in [1.807, 2.05) is 0 Å². The summed E-state index contributed by atoms with van der Waals surface area (Å²) in [4.78, 5) is 0. The van der Waals surface area contributed by atoms with Crippen LogP contribution in [0.5, 0.6) is 0 Å². The maximum atomic E-state index is 5.32. The van der Waals surface area contributed by atoms with E-state index >= 15 is 0 Å². The van der Waals surface area contributed by atoms with Gasteiger partial charge in [0.25, 0.3) is 0 Å². The Kier molecular flexibility index (Phi) is 5.05. The van der Waals surface area contributed by atoms with Crippen LogP contribution in [-0.2, 0) is 0 Å². The molecule has 0 aromatic rings. The molecular formula is H3Cl3GeSi. The van der Waals surface area contributed by atoms with Gasteiger partial charge in [-0.2, -0.15) is 0 Å². The van der Waals surface area contributed by atoms with E-state index in [4.69, 9.17) is 32.2 Å². The van der Waals surface area contributed by atoms with Gasteiger partial charge in [-0.3, -0.25) is 0 Å². The van der Waals surface area contributed by atoms with Gasteiger partial charge in [0.2, 0.25) is 0 Å². The Hall–Kier alpha value is 1.63. The molecule has 0 aliphatic heterocycles. The molecule has 0 aliphatic rings. The molecule has 0 nitrogen and oxygen atoms in total. The molecule has 0 amide bonds. The van der Waals surface area contributed by atoms with Crippen molar-refractivity contribution < 1.29 is 0 Å². The molecule has 0 aliphatic carbocycles. The minimum absolute atomic E-state index is 0.844. The van der Waals surface area contributed by atoms with Gasteiger partial charge in [-0.1, -0.05) is 0 Å². The molecule has 32 valence electrons. The number of halogens is 3. The molecule has 5 heteroatoms. The monoisotopic (exact) mass is 210 g/mol. The van der Waals surface area contributed by atoms with Crippen LogP contribution in [0.1, 0.15) is 0 Å². The summed E-state index contributed by atoms with van der Waals surface area (Å²) in [6.45, 7) is 0. The predicted molar refractivity (Wildman–Crippen MR) is 33.3 cm³/mol. The summed E-state index contributed by atoms with van der Waals surface area (Å²) in [5.41, 5.74) is 0. The zero-order valence-electron chi connectivity index (χ0n) is 2.42. The second-order valence-corrected chi connectivity index (χ2v) is 23.9. The summed E-state index contributed by atoms with van der Waals surface area (Å²) >= 11 is 9.79. The molecule has 0 radical (unpaired) electrons. The number of hydrogen-bond donors (Lipinski definition) is 0. The Morgan fingerprint density at radius 2 is 1.60 bits per heavy atom. The van der Waals surface area contributed by atoms with Crippen molar-refractivity contribution >= 4 is 52.0 Å². The first kappa shape index (κ1) is 6.63. The Labute approximate surface area is 51.9 Å². The fourth-order valence-electron chi connectivity index (χ4n) is 0. The van der Waals surface area contributed by atoms with Gasteiger partial charge in [-0.25, -0.2) is 0 Å². The van der Waals surface area contributed by atoms with Gasteiger partial charge in [0, 0.05) is 0 Å². The zero-order chi connectivity index (χ0) is 4.28. The molecule has 0 N–H and O–H groups in total. The van der Waals surface area contributed by atoms with Crippen LogP contribution < -0.4 is 0 Å². The first-order valence-corrected chi connectivity index (χ1v) is 14.5. The molecule has 0 atom stereocenters. The van der Waals surface area contributed by atoms with Crippen molar-refractivity contribution in [3.63, 3.8) is 0 Å². The van der Waals surface area contributed by atoms with Crippen LogP contribution in [0, 0.1) is 0 Å². The summed E-state index contributed by atoms with van der Waals surface area (Å²) in [7, 11) is 5.32. The third kappa shape index (κ3) is 5.63. The normalized spacial score (nSPS) is 12.0. The van der Waals surface area contributed by atoms with Crippen molar-refractivity contribution in [2.24, 2.45) is 0 Å². The molecular weight excluding hydrogens is 207 g/mol. The third-order valence-electron chi connectivity index (χ3n) is 0.117. The topological polar surface area (TPSA) is 0 Å². The van der Waals surface area contributed by atoms with Crippen LogP contribution in [0.25, 0.3) is 0 Å². The van der Waals surface area contributed by atoms with Crippen molar-refractivity contribution in [2.45, 2.75) is 0 Å². The first-order chi connectivity index (χ1) is 2.27. The molecule has 0 aromatic heterocycles. The number of rotatable bonds is 1. The first-order valence-electron chi connectivity index (χ1n) is 1.11. The summed E-state index contributed by atoms with van der Waals surface area (Å²) in [5.74, 6) is -1.25. The Morgan fingerprint density at radius 1 is 1.40 bits per heavy atom. The molecule has 0 rings (SSSR count). The predicted octanol–water partition coefficient (Wildman–Crippen LogP) is 0.504. The standard InChI is InChI=1S/Cl3GeH3Si/c1-4-5(2)3/h5H,4H2. The summed E-state index contributed by atoms with van der Waals surface area (Å²) in [5, 5.41) is 0. The SMILES string of the molecule is [Cl][GeH2][SiH](Cl)Cl. The van der Waals surface area contributed by atoms with E-state index < -0.39 is 19.8 Å². The fraction of sp³-hybridized carbons (Fsp3) is 0. The second kappa shape index (κ2) is 3.81. The van der Waals surface area contributed by atoms with Gasteiger partial charge in [0.15, 0.2) is 0 Å². The minimum atomic E-state index is -1.25. The quantitative estimate of drug-likeness (QED) is 0.436. The van der Waals surface area contributed by atoms with Crippen molar-refractivity contribution in [2.75, 3.05) is 0 Å². The summed E-state index contributed by atoms with van der Waals surface area (Å²) in [6.07, 6.45) is 0. The number of hydrogen-bond acceptors (Lipinski definition) is 0. The zero-order valence-corrected chi connectivity index (χ0v) is 8.81. The van der Waals surface area contributed by atoms with E-state index in [0.29, 0.717) is 0 Å². The van der Waals surface area contributed by atoms with Crippen molar-refractivity contribution in [3.8, 4) is 0 Å². The van der Waals surface area contributed by atoms with Gasteiger partial charge < -0.3 is 0 Å². The van der Waals surface area contributed by atoms with E-state index in [-0.39, 0.29) is 0 Å². The van der Waals surface area contributed by atoms with Crippen LogP contribution in [0.4, 0.5) is 0 Å². The fourth-order valence-corrected chi connectivity index (χ4v) is 0. The third-order valence-corrected chi connectivity index (χ3v) is 16.4. The van der Waals surface area contributed by atoms with Crippen LogP contribution in [-0.4, -0.2) is 19.8 Å². The van der Waals surface area contributed by atoms with E-state index in [2.05, 4.69) is 0 Å². The Morgan fingerprint density at radius 3 is 1.60 bits per heavy atom. The Bertz CT molecular complexity index is 20.9. The van der Waals surface area contributed by atoms with Crippen LogP contribution in [0.3, 0.4) is 0 Å². The maximum absolute atomic E-state index is 5.32. The summed E-state index contributed by atoms with van der Waals surface area (Å²) in [6, 6.07) is 0. The van der Waals surface area contributed by atoms with Crippen LogP contribution in [0.2, 0.25) is 0 Å². The van der Waals surface area contributed by atoms with Gasteiger partial charge in [0.05, 0.1) is 0 Å². The molecule has 0 spiro atoms. The van der Waals surface area contributed by atoms with Gasteiger partial charge in [-0.15, -0.1) is 0 Å². The second-order valence-electron chi connectivity index (χ2n) is 0.545. The molecule has 0 saturated heterocycles. The van der Waals surface area contributed by atoms with E-state index in [1.54, 1.807) is 0 Å². The molecule has 0 unspecified atom stereocenters. The molecule has 5 heavy (non-hydrogen) atoms. The van der Waals surface area contributed by atoms with E-state index in [9.17, 15) is 0 Å². The van der Waals surface area contributed by atoms with Gasteiger partial charge >= 0.3 is 52.0 Å². The Balaban J connectivity index is 2.54. The molecule has 0 bridgehead atoms.